The molecule has 1 amide bonds. The highest BCUT2D eigenvalue weighted by molar-refractivity contribution is 9.10. The van der Waals surface area contributed by atoms with Crippen molar-refractivity contribution in [1.82, 2.24) is 4.90 Å². The molecule has 7 nitrogen and oxygen atoms in total. The fourth-order valence-corrected chi connectivity index (χ4v) is 4.20. The first-order valence-corrected chi connectivity index (χ1v) is 11.1. The summed E-state index contributed by atoms with van der Waals surface area (Å²) in [5.74, 6) is 1.21. The number of furan rings is 1. The van der Waals surface area contributed by atoms with Gasteiger partial charge < -0.3 is 14.3 Å². The maximum absolute atomic E-state index is 13.1. The lowest BCUT2D eigenvalue weighted by molar-refractivity contribution is -0.122. The highest BCUT2D eigenvalue weighted by Crippen LogP contribution is 2.35. The summed E-state index contributed by atoms with van der Waals surface area (Å²) < 4.78 is 11.3. The molecular formula is C23H18BrN3O4S. The molecular weight excluding hydrogens is 494 g/mol. The predicted octanol–water partition coefficient (Wildman–Crippen LogP) is 5.26. The molecule has 0 radical (unpaired) electrons. The summed E-state index contributed by atoms with van der Waals surface area (Å²) in [4.78, 5) is 15.0. The van der Waals surface area contributed by atoms with Crippen LogP contribution in [0.15, 0.2) is 84.9 Å². The molecule has 0 bridgehead atoms. The zero-order chi connectivity index (χ0) is 22.5. The Morgan fingerprint density at radius 3 is 2.75 bits per heavy atom. The topological polar surface area (TPSA) is 87.6 Å². The van der Waals surface area contributed by atoms with Crippen molar-refractivity contribution in [2.24, 2.45) is 10.2 Å². The standard InChI is InChI=1S/C23H18BrN3O4S/c1-30-18-7-4-15(5-8-18)13-25-26-23-27(14-19-3-2-10-31-19)22(29)21(32-23)12-16-11-17(24)6-9-20(16)28/h2-13,28H,14H2,1H3/b21-12-,25-13+,26-23-. The van der Waals surface area contributed by atoms with Crippen molar-refractivity contribution in [2.45, 2.75) is 6.54 Å². The Bertz CT molecular complexity index is 1200. The number of thioether (sulfide) groups is 1. The largest absolute Gasteiger partial charge is 0.507 e. The molecule has 0 aliphatic carbocycles. The SMILES string of the molecule is COc1ccc(/C=N/N=C2\S/C(=C\c3cc(Br)ccc3O)C(=O)N2Cc2ccco2)cc1. The van der Waals surface area contributed by atoms with Gasteiger partial charge in [-0.3, -0.25) is 9.69 Å². The number of hydrogen-bond acceptors (Lipinski definition) is 7. The fourth-order valence-electron chi connectivity index (χ4n) is 2.90. The summed E-state index contributed by atoms with van der Waals surface area (Å²) in [7, 11) is 1.61. The minimum absolute atomic E-state index is 0.0783. The lowest BCUT2D eigenvalue weighted by Crippen LogP contribution is -2.28. The van der Waals surface area contributed by atoms with E-state index in [0.717, 1.165) is 15.8 Å². The van der Waals surface area contributed by atoms with E-state index >= 15 is 0 Å². The molecule has 2 heterocycles. The molecule has 1 N–H and O–H groups in total. The number of nitrogens with zero attached hydrogens (tertiary/aromatic N) is 3. The van der Waals surface area contributed by atoms with Crippen LogP contribution in [0.25, 0.3) is 6.08 Å². The smallest absolute Gasteiger partial charge is 0.267 e. The van der Waals surface area contributed by atoms with Crippen LogP contribution in [0.5, 0.6) is 11.5 Å². The number of carbonyl (C=O) groups excluding carboxylic acids is 1. The summed E-state index contributed by atoms with van der Waals surface area (Å²) in [6.07, 6.45) is 4.79. The Morgan fingerprint density at radius 2 is 2.03 bits per heavy atom. The number of rotatable bonds is 6. The number of hydrogen-bond donors (Lipinski definition) is 1. The maximum Gasteiger partial charge on any atom is 0.267 e. The van der Waals surface area contributed by atoms with Crippen LogP contribution in [0.1, 0.15) is 16.9 Å². The van der Waals surface area contributed by atoms with E-state index in [1.54, 1.807) is 56.0 Å². The van der Waals surface area contributed by atoms with Crippen molar-refractivity contribution >= 4 is 51.1 Å². The predicted molar refractivity (Wildman–Crippen MR) is 129 cm³/mol. The first kappa shape index (κ1) is 21.9. The van der Waals surface area contributed by atoms with E-state index in [9.17, 15) is 9.90 Å². The molecule has 4 rings (SSSR count). The third-order valence-corrected chi connectivity index (χ3v) is 6.01. The van der Waals surface area contributed by atoms with Crippen molar-refractivity contribution in [2.75, 3.05) is 7.11 Å². The number of benzene rings is 2. The van der Waals surface area contributed by atoms with Gasteiger partial charge in [-0.15, -0.1) is 5.10 Å². The van der Waals surface area contributed by atoms with Crippen LogP contribution in [0.2, 0.25) is 0 Å². The highest BCUT2D eigenvalue weighted by atomic mass is 79.9. The number of carbonyl (C=O) groups is 1. The molecule has 3 aromatic rings. The van der Waals surface area contributed by atoms with Gasteiger partial charge in [0.15, 0.2) is 5.17 Å². The molecule has 1 fully saturated rings. The van der Waals surface area contributed by atoms with Gasteiger partial charge in [0.05, 0.1) is 31.0 Å². The third kappa shape index (κ3) is 5.12. The minimum atomic E-state index is -0.246. The molecule has 32 heavy (non-hydrogen) atoms. The monoisotopic (exact) mass is 511 g/mol. The number of amides is 1. The van der Waals surface area contributed by atoms with Crippen molar-refractivity contribution in [1.29, 1.82) is 0 Å². The lowest BCUT2D eigenvalue weighted by Gasteiger charge is -2.12. The Kier molecular flexibility index (Phi) is 6.77. The minimum Gasteiger partial charge on any atom is -0.507 e. The Hall–Kier alpha value is -3.30. The molecule has 1 aliphatic rings. The normalized spacial score (nSPS) is 16.6. The lowest BCUT2D eigenvalue weighted by atomic mass is 10.2. The van der Waals surface area contributed by atoms with E-state index in [1.165, 1.54) is 16.7 Å². The fraction of sp³-hybridized carbons (Fsp3) is 0.0870. The van der Waals surface area contributed by atoms with E-state index in [4.69, 9.17) is 9.15 Å². The summed E-state index contributed by atoms with van der Waals surface area (Å²) in [6.45, 7) is 0.220. The van der Waals surface area contributed by atoms with Crippen LogP contribution >= 0.6 is 27.7 Å². The summed E-state index contributed by atoms with van der Waals surface area (Å²) in [5.41, 5.74) is 1.37. The van der Waals surface area contributed by atoms with Gasteiger partial charge in [-0.25, -0.2) is 0 Å². The van der Waals surface area contributed by atoms with Gasteiger partial charge in [0.1, 0.15) is 17.3 Å². The Labute approximate surface area is 197 Å². The van der Waals surface area contributed by atoms with E-state index < -0.39 is 0 Å². The summed E-state index contributed by atoms with van der Waals surface area (Å²) in [6, 6.07) is 16.0. The number of phenols is 1. The molecule has 0 saturated carbocycles. The van der Waals surface area contributed by atoms with Crippen molar-refractivity contribution < 1.29 is 19.1 Å². The van der Waals surface area contributed by atoms with Crippen LogP contribution < -0.4 is 4.74 Å². The molecule has 162 valence electrons. The number of methoxy groups -OCH3 is 1. The first-order chi connectivity index (χ1) is 15.5. The second-order valence-electron chi connectivity index (χ2n) is 6.68. The molecule has 0 atom stereocenters. The van der Waals surface area contributed by atoms with Crippen LogP contribution in [0.3, 0.4) is 0 Å². The second-order valence-corrected chi connectivity index (χ2v) is 8.61. The molecule has 0 unspecified atom stereocenters. The van der Waals surface area contributed by atoms with Gasteiger partial charge in [-0.2, -0.15) is 5.10 Å². The quantitative estimate of drug-likeness (QED) is 0.277. The third-order valence-electron chi connectivity index (χ3n) is 4.52. The average molecular weight is 512 g/mol. The van der Waals surface area contributed by atoms with E-state index in [0.29, 0.717) is 21.4 Å². The van der Waals surface area contributed by atoms with E-state index in [1.807, 2.05) is 24.3 Å². The summed E-state index contributed by atoms with van der Waals surface area (Å²) in [5, 5.41) is 19.0. The van der Waals surface area contributed by atoms with Crippen LogP contribution in [0.4, 0.5) is 0 Å². The van der Waals surface area contributed by atoms with Crippen LogP contribution in [-0.2, 0) is 11.3 Å². The van der Waals surface area contributed by atoms with Gasteiger partial charge in [0.2, 0.25) is 0 Å². The average Bonchev–Trinajstić information content (AvgIpc) is 3.41. The number of aromatic hydroxyl groups is 1. The van der Waals surface area contributed by atoms with Crippen LogP contribution in [0, 0.1) is 0 Å². The van der Waals surface area contributed by atoms with Crippen molar-refractivity contribution in [3.63, 3.8) is 0 Å². The molecule has 1 saturated heterocycles. The van der Waals surface area contributed by atoms with Crippen molar-refractivity contribution in [3.05, 3.63) is 87.1 Å². The number of halogens is 1. The van der Waals surface area contributed by atoms with E-state index in [-0.39, 0.29) is 18.2 Å². The van der Waals surface area contributed by atoms with Crippen LogP contribution in [-0.4, -0.2) is 34.4 Å². The molecule has 0 spiro atoms. The molecule has 1 aliphatic heterocycles. The number of phenolic OH excluding ortho intramolecular Hbond substituents is 1. The second kappa shape index (κ2) is 9.88. The Morgan fingerprint density at radius 1 is 1.22 bits per heavy atom. The van der Waals surface area contributed by atoms with E-state index in [2.05, 4.69) is 26.1 Å². The van der Waals surface area contributed by atoms with Gasteiger partial charge in [0, 0.05) is 10.0 Å². The Balaban J connectivity index is 1.62. The molecule has 1 aromatic heterocycles. The molecule has 9 heteroatoms. The zero-order valence-electron chi connectivity index (χ0n) is 16.9. The van der Waals surface area contributed by atoms with Crippen molar-refractivity contribution in [3.8, 4) is 11.5 Å². The van der Waals surface area contributed by atoms with Gasteiger partial charge in [-0.05, 0) is 78.0 Å². The van der Waals surface area contributed by atoms with Gasteiger partial charge in [-0.1, -0.05) is 15.9 Å². The highest BCUT2D eigenvalue weighted by Gasteiger charge is 2.34. The zero-order valence-corrected chi connectivity index (χ0v) is 19.3. The number of ether oxygens (including phenoxy) is 1. The summed E-state index contributed by atoms with van der Waals surface area (Å²) >= 11 is 4.57. The molecule has 2 aromatic carbocycles. The van der Waals surface area contributed by atoms with Gasteiger partial charge >= 0.3 is 0 Å². The van der Waals surface area contributed by atoms with Gasteiger partial charge in [0.25, 0.3) is 5.91 Å². The first-order valence-electron chi connectivity index (χ1n) is 9.51. The maximum atomic E-state index is 13.1. The number of amidine groups is 1.